The van der Waals surface area contributed by atoms with E-state index in [0.29, 0.717) is 32.5 Å². The van der Waals surface area contributed by atoms with E-state index in [0.717, 1.165) is 12.5 Å². The number of nitrogens with two attached hydrogens (primary N) is 1. The molecule has 2 aliphatic heterocycles. The van der Waals surface area contributed by atoms with Gasteiger partial charge >= 0.3 is 5.88 Å². The van der Waals surface area contributed by atoms with E-state index in [9.17, 15) is 19.7 Å². The molecule has 2 saturated heterocycles. The predicted octanol–water partition coefficient (Wildman–Crippen LogP) is 1.41. The maximum Gasteiger partial charge on any atom is 0.433 e. The van der Waals surface area contributed by atoms with Crippen molar-refractivity contribution in [1.29, 1.82) is 0 Å². The highest BCUT2D eigenvalue weighted by atomic mass is 35.5. The summed E-state index contributed by atoms with van der Waals surface area (Å²) in [6.07, 6.45) is 2.17. The molecule has 144 valence electrons. The van der Waals surface area contributed by atoms with Crippen LogP contribution in [-0.4, -0.2) is 58.3 Å². The average molecular weight is 387 g/mol. The highest BCUT2D eigenvalue weighted by Crippen LogP contribution is 2.28. The van der Waals surface area contributed by atoms with Crippen LogP contribution in [-0.2, 0) is 4.79 Å². The molecular weight excluding hydrogens is 364 g/mol. The Morgan fingerprint density at radius 1 is 1.38 bits per heavy atom. The fourth-order valence-corrected chi connectivity index (χ4v) is 3.76. The first-order valence-electron chi connectivity index (χ1n) is 8.48. The van der Waals surface area contributed by atoms with Gasteiger partial charge in [0.2, 0.25) is 5.91 Å². The average Bonchev–Trinajstić information content (AvgIpc) is 3.32. The second-order valence-corrected chi connectivity index (χ2v) is 6.73. The Balaban J connectivity index is 0.00000243. The standard InChI is InChI=1S/C16H22N4O5.ClH/c1-10-7-11(8-17)9-19(10)15(21)12-3-2-6-18(12)16(22)13-4-5-14(25-13)20(23)24;/h4-5,10-12H,2-3,6-9,17H2,1H3;1H. The van der Waals surface area contributed by atoms with Crippen LogP contribution in [0.15, 0.2) is 16.5 Å². The van der Waals surface area contributed by atoms with Crippen molar-refractivity contribution in [3.05, 3.63) is 28.0 Å². The SMILES string of the molecule is CC1CC(CN)CN1C(=O)C1CCCN1C(=O)c1ccc([N+](=O)[O-])o1.Cl. The van der Waals surface area contributed by atoms with E-state index in [2.05, 4.69) is 0 Å². The molecule has 1 aromatic heterocycles. The summed E-state index contributed by atoms with van der Waals surface area (Å²) in [5.74, 6) is -0.858. The molecule has 10 heteroatoms. The maximum absolute atomic E-state index is 12.9. The van der Waals surface area contributed by atoms with Crippen molar-refractivity contribution in [2.45, 2.75) is 38.3 Å². The van der Waals surface area contributed by atoms with Crippen molar-refractivity contribution < 1.29 is 18.9 Å². The summed E-state index contributed by atoms with van der Waals surface area (Å²) < 4.78 is 5.00. The first-order chi connectivity index (χ1) is 11.9. The molecule has 1 aromatic rings. The molecule has 2 fully saturated rings. The molecule has 3 atom stereocenters. The summed E-state index contributed by atoms with van der Waals surface area (Å²) in [7, 11) is 0. The Kier molecular flexibility index (Phi) is 6.25. The van der Waals surface area contributed by atoms with Crippen molar-refractivity contribution >= 4 is 30.1 Å². The van der Waals surface area contributed by atoms with Gasteiger partial charge in [0.05, 0.1) is 6.07 Å². The van der Waals surface area contributed by atoms with Gasteiger partial charge in [0, 0.05) is 19.1 Å². The van der Waals surface area contributed by atoms with Crippen molar-refractivity contribution in [1.82, 2.24) is 9.80 Å². The summed E-state index contributed by atoms with van der Waals surface area (Å²) in [5.41, 5.74) is 5.72. The third-order valence-electron chi connectivity index (χ3n) is 5.06. The Hall–Kier alpha value is -2.13. The molecule has 0 spiro atoms. The monoisotopic (exact) mass is 386 g/mol. The van der Waals surface area contributed by atoms with Crippen LogP contribution in [0.5, 0.6) is 0 Å². The number of carbonyl (C=O) groups is 2. The van der Waals surface area contributed by atoms with E-state index >= 15 is 0 Å². The Morgan fingerprint density at radius 2 is 2.12 bits per heavy atom. The van der Waals surface area contributed by atoms with Crippen molar-refractivity contribution in [2.75, 3.05) is 19.6 Å². The van der Waals surface area contributed by atoms with Crippen LogP contribution in [0.4, 0.5) is 5.88 Å². The third kappa shape index (κ3) is 3.68. The molecule has 3 unspecified atom stereocenters. The van der Waals surface area contributed by atoms with E-state index in [1.54, 1.807) is 4.90 Å². The number of hydrogen-bond acceptors (Lipinski definition) is 6. The first kappa shape index (κ1) is 20.2. The van der Waals surface area contributed by atoms with Gasteiger partial charge < -0.3 is 20.0 Å². The van der Waals surface area contributed by atoms with E-state index in [1.807, 2.05) is 6.92 Å². The number of halogens is 1. The minimum atomic E-state index is -0.692. The highest BCUT2D eigenvalue weighted by molar-refractivity contribution is 5.96. The van der Waals surface area contributed by atoms with Crippen molar-refractivity contribution in [3.63, 3.8) is 0 Å². The highest BCUT2D eigenvalue weighted by Gasteiger charge is 2.41. The van der Waals surface area contributed by atoms with Gasteiger partial charge in [-0.1, -0.05) is 0 Å². The van der Waals surface area contributed by atoms with Gasteiger partial charge in [-0.3, -0.25) is 19.7 Å². The summed E-state index contributed by atoms with van der Waals surface area (Å²) in [5, 5.41) is 10.7. The minimum Gasteiger partial charge on any atom is -0.395 e. The van der Waals surface area contributed by atoms with Crippen LogP contribution >= 0.6 is 12.4 Å². The number of hydrogen-bond donors (Lipinski definition) is 1. The number of amides is 2. The second kappa shape index (κ2) is 8.05. The normalized spacial score (nSPS) is 25.2. The topological polar surface area (TPSA) is 123 Å². The number of furan rings is 1. The van der Waals surface area contributed by atoms with E-state index in [4.69, 9.17) is 10.2 Å². The zero-order valence-electron chi connectivity index (χ0n) is 14.5. The fraction of sp³-hybridized carbons (Fsp3) is 0.625. The molecular formula is C16H23ClN4O5. The molecule has 9 nitrogen and oxygen atoms in total. The number of likely N-dealkylation sites (tertiary alicyclic amines) is 2. The van der Waals surface area contributed by atoms with Crippen molar-refractivity contribution in [2.24, 2.45) is 11.7 Å². The lowest BCUT2D eigenvalue weighted by molar-refractivity contribution is -0.402. The number of rotatable bonds is 4. The second-order valence-electron chi connectivity index (χ2n) is 6.73. The van der Waals surface area contributed by atoms with Crippen molar-refractivity contribution in [3.8, 4) is 0 Å². The molecule has 26 heavy (non-hydrogen) atoms. The predicted molar refractivity (Wildman–Crippen MR) is 95.0 cm³/mol. The molecule has 0 radical (unpaired) electrons. The largest absolute Gasteiger partial charge is 0.433 e. The van der Waals surface area contributed by atoms with Crippen LogP contribution in [0.25, 0.3) is 0 Å². The molecule has 0 saturated carbocycles. The lowest BCUT2D eigenvalue weighted by Gasteiger charge is -2.29. The summed E-state index contributed by atoms with van der Waals surface area (Å²) in [6, 6.07) is 1.98. The third-order valence-corrected chi connectivity index (χ3v) is 5.06. The minimum absolute atomic E-state index is 0. The van der Waals surface area contributed by atoms with Crippen LogP contribution < -0.4 is 5.73 Å². The molecule has 2 N–H and O–H groups in total. The molecule has 0 aromatic carbocycles. The molecule has 0 bridgehead atoms. The number of carbonyl (C=O) groups excluding carboxylic acids is 2. The van der Waals surface area contributed by atoms with E-state index in [-0.39, 0.29) is 36.0 Å². The van der Waals surface area contributed by atoms with E-state index < -0.39 is 22.8 Å². The Labute approximate surface area is 157 Å². The first-order valence-corrected chi connectivity index (χ1v) is 8.48. The molecule has 3 rings (SSSR count). The van der Waals surface area contributed by atoms with Crippen LogP contribution in [0.2, 0.25) is 0 Å². The van der Waals surface area contributed by atoms with Crippen LogP contribution in [0.1, 0.15) is 36.7 Å². The van der Waals surface area contributed by atoms with Crippen LogP contribution in [0.3, 0.4) is 0 Å². The van der Waals surface area contributed by atoms with E-state index in [1.165, 1.54) is 11.0 Å². The summed E-state index contributed by atoms with van der Waals surface area (Å²) >= 11 is 0. The fourth-order valence-electron chi connectivity index (χ4n) is 3.76. The number of nitrogens with zero attached hydrogens (tertiary/aromatic N) is 3. The number of nitro groups is 1. The lowest BCUT2D eigenvalue weighted by atomic mass is 10.1. The van der Waals surface area contributed by atoms with Gasteiger partial charge in [0.15, 0.2) is 5.76 Å². The quantitative estimate of drug-likeness (QED) is 0.616. The Bertz CT molecular complexity index is 694. The molecule has 2 aliphatic rings. The van der Waals surface area contributed by atoms with Gasteiger partial charge in [-0.25, -0.2) is 0 Å². The van der Waals surface area contributed by atoms with Gasteiger partial charge in [0.25, 0.3) is 5.91 Å². The molecule has 0 aliphatic carbocycles. The van der Waals surface area contributed by atoms with Crippen LogP contribution in [0, 0.1) is 16.0 Å². The maximum atomic E-state index is 12.9. The lowest BCUT2D eigenvalue weighted by Crippen LogP contribution is -2.49. The van der Waals surface area contributed by atoms with Gasteiger partial charge in [-0.05, 0) is 44.7 Å². The Morgan fingerprint density at radius 3 is 2.69 bits per heavy atom. The zero-order chi connectivity index (χ0) is 18.1. The van der Waals surface area contributed by atoms with Gasteiger partial charge in [-0.2, -0.15) is 0 Å². The zero-order valence-corrected chi connectivity index (χ0v) is 15.3. The molecule has 2 amide bonds. The summed E-state index contributed by atoms with van der Waals surface area (Å²) in [6.45, 7) is 3.58. The van der Waals surface area contributed by atoms with Gasteiger partial charge in [-0.15, -0.1) is 12.4 Å². The molecule has 3 heterocycles. The smallest absolute Gasteiger partial charge is 0.395 e. The summed E-state index contributed by atoms with van der Waals surface area (Å²) in [4.78, 5) is 38.9. The van der Waals surface area contributed by atoms with Gasteiger partial charge in [0.1, 0.15) is 11.0 Å².